The highest BCUT2D eigenvalue weighted by molar-refractivity contribution is 7.48. The molecule has 0 spiro atoms. The number of aromatic nitrogens is 14. The average molecular weight is 1250 g/mol. The lowest BCUT2D eigenvalue weighted by Crippen LogP contribution is -2.39. The van der Waals surface area contributed by atoms with Gasteiger partial charge in [0.15, 0.2) is 64.8 Å². The molecule has 0 bridgehead atoms. The zero-order valence-electron chi connectivity index (χ0n) is 42.6. The molecule has 0 aromatic carbocycles. The normalized spacial score (nSPS) is 32.2. The Labute approximate surface area is 465 Å². The molecule has 41 nitrogen and oxygen atoms in total. The molecule has 4 aliphatic rings. The number of nitrogens with two attached hydrogens (primary N) is 3. The lowest BCUT2D eigenvalue weighted by Gasteiger charge is -2.25. The maximum atomic E-state index is 14.0. The Bertz CT molecular complexity index is 3870. The van der Waals surface area contributed by atoms with Crippen molar-refractivity contribution in [3.8, 4) is 0 Å². The number of hydrogen-bond donors (Lipinski definition) is 13. The molecule has 11 rings (SSSR count). The van der Waals surface area contributed by atoms with E-state index in [1.165, 1.54) is 11.5 Å². The molecule has 11 heterocycles. The summed E-state index contributed by atoms with van der Waals surface area (Å²) in [5.41, 5.74) is 16.2. The highest BCUT2D eigenvalue weighted by atomic mass is 31.2. The zero-order valence-corrected chi connectivity index (χ0v) is 45.3. The van der Waals surface area contributed by atoms with Gasteiger partial charge in [-0.1, -0.05) is 0 Å². The number of anilines is 3. The van der Waals surface area contributed by atoms with Gasteiger partial charge < -0.3 is 81.5 Å². The van der Waals surface area contributed by atoms with Crippen LogP contribution < -0.4 is 28.5 Å². The third kappa shape index (κ3) is 11.2. The number of nitrogens with zero attached hydrogens (tertiary/aromatic N) is 13. The van der Waals surface area contributed by atoms with E-state index in [-0.39, 0.29) is 56.8 Å². The van der Waals surface area contributed by atoms with E-state index in [0.29, 0.717) is 0 Å². The standard InChI is InChI=1S/C40H50N17O24P3/c1-13-52-21-32(43)46-10-49-35(21)57(13)37-25(63)22(60)15(76-37)5-72-83(68,69)80-28-24(62)17(78-38(28)55-11-50-19-30(41)44-8-47-33(19)55)7-74-84(70,71)81-29-23(61)16(77-39(29)56-12-51-20-31(42)45-9-48-34(20)56)6-73-82(66,67)79-27-14(4-58)75-36(26(27)64)54-3-2-18(59)53-40(54)65/h2-3,8-12,14-17,22-29,36-39,58,60-64H,4-7H2,1H3,(H,66,67)(H,68,69)(H,70,71)(H2,41,44,47)(H2,42,45,48)(H2,43,46,49)(H,53,59,65)/t14-,15-,16-,17-,22-,23-,24-,25-,26-,27-,28-,29-,36-,37-,38-,39-/m1/s1. The predicted octanol–water partition coefficient (Wildman–Crippen LogP) is -5.00. The molecule has 4 aliphatic heterocycles. The summed E-state index contributed by atoms with van der Waals surface area (Å²) in [6, 6.07) is 0.922. The summed E-state index contributed by atoms with van der Waals surface area (Å²) in [5, 5.41) is 66.5. The minimum absolute atomic E-state index is 0.0000271. The molecule has 19 atom stereocenters. The van der Waals surface area contributed by atoms with Crippen molar-refractivity contribution < 1.29 is 105 Å². The van der Waals surface area contributed by atoms with Gasteiger partial charge in [0.25, 0.3) is 5.56 Å². The zero-order chi connectivity index (χ0) is 59.9. The number of hydrogen-bond acceptors (Lipinski definition) is 33. The smallest absolute Gasteiger partial charge is 0.394 e. The second kappa shape index (κ2) is 22.8. The number of fused-ring (bicyclic) bond motifs is 3. The second-order valence-electron chi connectivity index (χ2n) is 19.0. The van der Waals surface area contributed by atoms with E-state index in [2.05, 4.69) is 44.9 Å². The lowest BCUT2D eigenvalue weighted by atomic mass is 10.1. The van der Waals surface area contributed by atoms with E-state index >= 15 is 0 Å². The van der Waals surface area contributed by atoms with Crippen LogP contribution in [0.1, 0.15) is 30.7 Å². The van der Waals surface area contributed by atoms with Gasteiger partial charge in [0, 0.05) is 12.3 Å². The van der Waals surface area contributed by atoms with E-state index in [1.807, 2.05) is 4.98 Å². The monoisotopic (exact) mass is 1250 g/mol. The number of nitrogen functional groups attached to an aromatic ring is 3. The minimum atomic E-state index is -5.59. The lowest BCUT2D eigenvalue weighted by molar-refractivity contribution is -0.0652. The van der Waals surface area contributed by atoms with Crippen molar-refractivity contribution in [3.63, 3.8) is 0 Å². The number of phosphoric ester groups is 3. The van der Waals surface area contributed by atoms with Crippen LogP contribution >= 0.6 is 23.5 Å². The first-order chi connectivity index (χ1) is 39.8. The molecule has 0 aliphatic carbocycles. The van der Waals surface area contributed by atoms with Crippen molar-refractivity contribution in [2.75, 3.05) is 43.6 Å². The fourth-order valence-corrected chi connectivity index (χ4v) is 12.7. The van der Waals surface area contributed by atoms with Crippen LogP contribution in [0.3, 0.4) is 0 Å². The van der Waals surface area contributed by atoms with Crippen LogP contribution in [-0.4, -0.2) is 213 Å². The molecule has 454 valence electrons. The predicted molar refractivity (Wildman–Crippen MR) is 270 cm³/mol. The van der Waals surface area contributed by atoms with Crippen molar-refractivity contribution in [2.45, 2.75) is 105 Å². The Morgan fingerprint density at radius 2 is 0.988 bits per heavy atom. The average Bonchev–Trinajstić information content (AvgIpc) is 2.65. The summed E-state index contributed by atoms with van der Waals surface area (Å²) < 4.78 is 101. The van der Waals surface area contributed by atoms with Crippen molar-refractivity contribution in [3.05, 3.63) is 70.6 Å². The van der Waals surface area contributed by atoms with E-state index in [1.54, 1.807) is 0 Å². The number of ether oxygens (including phenoxy) is 4. The molecule has 7 aromatic heterocycles. The molecule has 0 saturated carbocycles. The van der Waals surface area contributed by atoms with Gasteiger partial charge in [-0.05, 0) is 6.92 Å². The molecule has 16 N–H and O–H groups in total. The minimum Gasteiger partial charge on any atom is -0.394 e. The number of imidazole rings is 3. The van der Waals surface area contributed by atoms with Gasteiger partial charge in [-0.2, -0.15) is 0 Å². The summed E-state index contributed by atoms with van der Waals surface area (Å²) in [6.45, 7) is -2.51. The maximum Gasteiger partial charge on any atom is 0.472 e. The van der Waals surface area contributed by atoms with Gasteiger partial charge in [0.05, 0.1) is 39.1 Å². The van der Waals surface area contributed by atoms with Gasteiger partial charge in [0.1, 0.15) is 109 Å². The van der Waals surface area contributed by atoms with Crippen molar-refractivity contribution in [1.82, 2.24) is 68.1 Å². The fraction of sp³-hybridized carbons (Fsp3) is 0.525. The van der Waals surface area contributed by atoms with Crippen molar-refractivity contribution >= 4 is 74.4 Å². The molecule has 44 heteroatoms. The Balaban J connectivity index is 0.789. The number of H-pyrrole nitrogens is 1. The number of aliphatic hydroxyl groups excluding tert-OH is 6. The first-order valence-corrected chi connectivity index (χ1v) is 29.1. The van der Waals surface area contributed by atoms with Crippen LogP contribution in [0.25, 0.3) is 33.5 Å². The number of nitrogens with one attached hydrogen (secondary N) is 1. The second-order valence-corrected chi connectivity index (χ2v) is 23.3. The molecule has 0 amide bonds. The molecule has 4 saturated heterocycles. The Morgan fingerprint density at radius 1 is 0.548 bits per heavy atom. The molecule has 84 heavy (non-hydrogen) atoms. The van der Waals surface area contributed by atoms with Crippen LogP contribution in [0, 0.1) is 6.92 Å². The van der Waals surface area contributed by atoms with Gasteiger partial charge >= 0.3 is 29.2 Å². The third-order valence-corrected chi connectivity index (χ3v) is 16.8. The number of aryl methyl sites for hydroxylation is 1. The highest BCUT2D eigenvalue weighted by Crippen LogP contribution is 2.54. The van der Waals surface area contributed by atoms with Gasteiger partial charge in [0.2, 0.25) is 0 Å². The van der Waals surface area contributed by atoms with Gasteiger partial charge in [-0.3, -0.25) is 55.2 Å². The van der Waals surface area contributed by atoms with Crippen molar-refractivity contribution in [1.29, 1.82) is 0 Å². The van der Waals surface area contributed by atoms with Crippen LogP contribution in [0.2, 0.25) is 0 Å². The fourth-order valence-electron chi connectivity index (χ4n) is 9.83. The summed E-state index contributed by atoms with van der Waals surface area (Å²) in [5.74, 6) is 0.00450. The first kappa shape index (κ1) is 59.4. The summed E-state index contributed by atoms with van der Waals surface area (Å²) in [6.07, 6.45) is -22.2. The van der Waals surface area contributed by atoms with E-state index in [9.17, 15) is 68.6 Å². The molecular weight excluding hydrogens is 1200 g/mol. The molecule has 7 aromatic rings. The van der Waals surface area contributed by atoms with Crippen molar-refractivity contribution in [2.24, 2.45) is 0 Å². The molecular formula is C40H50N17O24P3. The van der Waals surface area contributed by atoms with E-state index in [4.69, 9.17) is 63.3 Å². The highest BCUT2D eigenvalue weighted by Gasteiger charge is 2.55. The summed E-state index contributed by atoms with van der Waals surface area (Å²) >= 11 is 0. The number of aliphatic hydroxyl groups is 6. The quantitative estimate of drug-likeness (QED) is 0.0318. The van der Waals surface area contributed by atoms with E-state index in [0.717, 1.165) is 57.6 Å². The molecule has 4 fully saturated rings. The van der Waals surface area contributed by atoms with Crippen LogP contribution in [-0.2, 0) is 59.8 Å². The Hall–Kier alpha value is -6.34. The van der Waals surface area contributed by atoms with Crippen LogP contribution in [0.4, 0.5) is 17.5 Å². The van der Waals surface area contributed by atoms with Gasteiger partial charge in [-0.15, -0.1) is 0 Å². The third-order valence-electron chi connectivity index (χ3n) is 13.8. The number of rotatable bonds is 20. The maximum absolute atomic E-state index is 14.0. The Kier molecular flexibility index (Phi) is 16.1. The van der Waals surface area contributed by atoms with Gasteiger partial charge in [-0.25, -0.2) is 63.3 Å². The molecule has 3 unspecified atom stereocenters. The summed E-state index contributed by atoms with van der Waals surface area (Å²) in [7, 11) is -16.4. The number of phosphoric acid groups is 3. The van der Waals surface area contributed by atoms with E-state index < -0.39 is 159 Å². The summed E-state index contributed by atoms with van der Waals surface area (Å²) in [4.78, 5) is 96.0. The largest absolute Gasteiger partial charge is 0.472 e. The first-order valence-electron chi connectivity index (χ1n) is 24.6. The van der Waals surface area contributed by atoms with Crippen LogP contribution in [0.5, 0.6) is 0 Å². The topological polar surface area (TPSA) is 589 Å². The SMILES string of the molecule is Cc1nc2c(N)ncnc2n1[C@@H]1O[C@H](COP(=O)(O)O[C@@H]2[C@H](O)[C@@H](COP(=O)(O)O[C@@H]3[C@H](O)[C@@H](COP(=O)(O)O[C@H]4[C@@H](O)[C@H](n5ccc(=O)[nH]c5=O)O[C@@H]4CO)O[C@H]3n3cnc4c(N)ncnc43)O[C@H]2n2cnc3c(N)ncnc32)[C@@H](O)[C@H]1O. The Morgan fingerprint density at radius 3 is 1.48 bits per heavy atom. The van der Waals surface area contributed by atoms with Crippen LogP contribution in [0.15, 0.2) is 53.5 Å². The number of aromatic amines is 1. The molecule has 0 radical (unpaired) electrons.